The quantitative estimate of drug-likeness (QED) is 0.542. The van der Waals surface area contributed by atoms with Gasteiger partial charge in [-0.1, -0.05) is 30.3 Å². The van der Waals surface area contributed by atoms with Crippen LogP contribution in [0.15, 0.2) is 64.9 Å². The van der Waals surface area contributed by atoms with Gasteiger partial charge in [0.05, 0.1) is 10.6 Å². The second kappa shape index (κ2) is 9.62. The fourth-order valence-electron chi connectivity index (χ4n) is 2.57. The average Bonchev–Trinajstić information content (AvgIpc) is 3.15. The molecule has 1 heterocycles. The number of anilines is 1. The Morgan fingerprint density at radius 3 is 2.48 bits per heavy atom. The molecule has 0 aliphatic carbocycles. The third-order valence-corrected chi connectivity index (χ3v) is 6.37. The predicted octanol–water partition coefficient (Wildman–Crippen LogP) is 3.37. The predicted molar refractivity (Wildman–Crippen MR) is 111 cm³/mol. The summed E-state index contributed by atoms with van der Waals surface area (Å²) in [5, 5.41) is 4.81. The Labute approximate surface area is 172 Å². The zero-order chi connectivity index (χ0) is 20.7. The first-order valence-corrected chi connectivity index (χ1v) is 11.3. The van der Waals surface area contributed by atoms with E-state index in [0.29, 0.717) is 25.1 Å². The zero-order valence-electron chi connectivity index (χ0n) is 15.5. The molecule has 0 spiro atoms. The van der Waals surface area contributed by atoms with Crippen molar-refractivity contribution in [1.82, 2.24) is 10.3 Å². The van der Waals surface area contributed by atoms with Gasteiger partial charge in [-0.25, -0.2) is 17.8 Å². The lowest BCUT2D eigenvalue weighted by Gasteiger charge is -2.05. The number of nitrogens with one attached hydrogen (secondary N) is 2. The second-order valence-electron chi connectivity index (χ2n) is 6.29. The van der Waals surface area contributed by atoms with Gasteiger partial charge in [0.15, 0.2) is 5.13 Å². The van der Waals surface area contributed by atoms with E-state index in [-0.39, 0.29) is 28.2 Å². The summed E-state index contributed by atoms with van der Waals surface area (Å²) in [6.07, 6.45) is 1.28. The summed E-state index contributed by atoms with van der Waals surface area (Å²) in [6, 6.07) is 14.2. The van der Waals surface area contributed by atoms with Crippen LogP contribution in [0.4, 0.5) is 9.52 Å². The van der Waals surface area contributed by atoms with Crippen LogP contribution >= 0.6 is 11.3 Å². The highest BCUT2D eigenvalue weighted by atomic mass is 32.2. The van der Waals surface area contributed by atoms with E-state index in [2.05, 4.69) is 15.0 Å². The Morgan fingerprint density at radius 1 is 1.03 bits per heavy atom. The SMILES string of the molecule is O=C(CCc1csc(NS(=O)(=O)c2ccccc2)n1)NCCc1ccc(F)cc1. The highest BCUT2D eigenvalue weighted by molar-refractivity contribution is 7.93. The van der Waals surface area contributed by atoms with Crippen molar-refractivity contribution >= 4 is 32.4 Å². The van der Waals surface area contributed by atoms with Crippen molar-refractivity contribution in [2.45, 2.75) is 24.2 Å². The molecule has 29 heavy (non-hydrogen) atoms. The minimum atomic E-state index is -3.68. The summed E-state index contributed by atoms with van der Waals surface area (Å²) in [4.78, 5) is 16.4. The van der Waals surface area contributed by atoms with Gasteiger partial charge in [0.2, 0.25) is 5.91 Å². The first kappa shape index (κ1) is 20.9. The molecule has 152 valence electrons. The van der Waals surface area contributed by atoms with Gasteiger partial charge < -0.3 is 5.32 Å². The number of carbonyl (C=O) groups excluding carboxylic acids is 1. The minimum absolute atomic E-state index is 0.119. The van der Waals surface area contributed by atoms with E-state index in [1.165, 1.54) is 35.6 Å². The summed E-state index contributed by atoms with van der Waals surface area (Å²) in [5.74, 6) is -0.405. The number of nitrogens with zero attached hydrogens (tertiary/aromatic N) is 1. The molecule has 0 fully saturated rings. The van der Waals surface area contributed by atoms with Crippen molar-refractivity contribution in [3.8, 4) is 0 Å². The zero-order valence-corrected chi connectivity index (χ0v) is 17.1. The Balaban J connectivity index is 1.44. The molecule has 6 nitrogen and oxygen atoms in total. The molecule has 0 aliphatic rings. The lowest BCUT2D eigenvalue weighted by atomic mass is 10.1. The van der Waals surface area contributed by atoms with Gasteiger partial charge in [0, 0.05) is 18.3 Å². The molecule has 3 aromatic rings. The number of aryl methyl sites for hydroxylation is 1. The van der Waals surface area contributed by atoms with Crippen LogP contribution in [-0.2, 0) is 27.7 Å². The largest absolute Gasteiger partial charge is 0.356 e. The third-order valence-electron chi connectivity index (χ3n) is 4.08. The van der Waals surface area contributed by atoms with Crippen LogP contribution in [0.5, 0.6) is 0 Å². The maximum absolute atomic E-state index is 12.9. The van der Waals surface area contributed by atoms with Crippen molar-refractivity contribution in [1.29, 1.82) is 0 Å². The molecule has 0 atom stereocenters. The van der Waals surface area contributed by atoms with Crippen LogP contribution in [0.2, 0.25) is 0 Å². The number of sulfonamides is 1. The third kappa shape index (κ3) is 6.37. The molecule has 0 saturated heterocycles. The fraction of sp³-hybridized carbons (Fsp3) is 0.200. The summed E-state index contributed by atoms with van der Waals surface area (Å²) in [5.41, 5.74) is 1.59. The number of thiazole rings is 1. The highest BCUT2D eigenvalue weighted by Gasteiger charge is 2.15. The minimum Gasteiger partial charge on any atom is -0.356 e. The van der Waals surface area contributed by atoms with Gasteiger partial charge in [-0.3, -0.25) is 9.52 Å². The van der Waals surface area contributed by atoms with Crippen molar-refractivity contribution in [3.63, 3.8) is 0 Å². The first-order chi connectivity index (χ1) is 13.9. The van der Waals surface area contributed by atoms with Gasteiger partial charge in [-0.2, -0.15) is 0 Å². The van der Waals surface area contributed by atoms with Crippen LogP contribution in [0.1, 0.15) is 17.7 Å². The molecule has 2 aromatic carbocycles. The molecular formula is C20H20FN3O3S2. The molecule has 0 aliphatic heterocycles. The number of aromatic nitrogens is 1. The van der Waals surface area contributed by atoms with Crippen LogP contribution in [0.25, 0.3) is 0 Å². The monoisotopic (exact) mass is 433 g/mol. The van der Waals surface area contributed by atoms with Crippen molar-refractivity contribution in [2.75, 3.05) is 11.3 Å². The molecule has 0 radical (unpaired) electrons. The smallest absolute Gasteiger partial charge is 0.263 e. The van der Waals surface area contributed by atoms with E-state index in [0.717, 1.165) is 5.56 Å². The fourth-order valence-corrected chi connectivity index (χ4v) is 4.59. The summed E-state index contributed by atoms with van der Waals surface area (Å²) < 4.78 is 39.9. The van der Waals surface area contributed by atoms with Gasteiger partial charge in [-0.15, -0.1) is 11.3 Å². The maximum atomic E-state index is 12.9. The van der Waals surface area contributed by atoms with Crippen LogP contribution in [-0.4, -0.2) is 25.9 Å². The van der Waals surface area contributed by atoms with E-state index in [9.17, 15) is 17.6 Å². The normalized spacial score (nSPS) is 11.2. The highest BCUT2D eigenvalue weighted by Crippen LogP contribution is 2.20. The molecule has 1 aromatic heterocycles. The van der Waals surface area contributed by atoms with Crippen LogP contribution in [0, 0.1) is 5.82 Å². The molecule has 0 unspecified atom stereocenters. The molecule has 0 saturated carbocycles. The van der Waals surface area contributed by atoms with Gasteiger partial charge in [0.25, 0.3) is 10.0 Å². The Hall–Kier alpha value is -2.78. The summed E-state index contributed by atoms with van der Waals surface area (Å²) in [7, 11) is -3.68. The van der Waals surface area contributed by atoms with Crippen molar-refractivity contribution in [2.24, 2.45) is 0 Å². The lowest BCUT2D eigenvalue weighted by molar-refractivity contribution is -0.121. The second-order valence-corrected chi connectivity index (χ2v) is 8.83. The van der Waals surface area contributed by atoms with Gasteiger partial charge in [-0.05, 0) is 42.7 Å². The Morgan fingerprint density at radius 2 is 1.76 bits per heavy atom. The number of halogens is 1. The Kier molecular flexibility index (Phi) is 6.95. The maximum Gasteiger partial charge on any atom is 0.263 e. The first-order valence-electron chi connectivity index (χ1n) is 8.96. The van der Waals surface area contributed by atoms with E-state index >= 15 is 0 Å². The van der Waals surface area contributed by atoms with Crippen molar-refractivity contribution < 1.29 is 17.6 Å². The molecule has 9 heteroatoms. The van der Waals surface area contributed by atoms with E-state index in [4.69, 9.17) is 0 Å². The van der Waals surface area contributed by atoms with Crippen LogP contribution in [0.3, 0.4) is 0 Å². The van der Waals surface area contributed by atoms with Gasteiger partial charge in [0.1, 0.15) is 5.82 Å². The molecule has 1 amide bonds. The van der Waals surface area contributed by atoms with E-state index in [1.807, 2.05) is 0 Å². The molecular weight excluding hydrogens is 413 g/mol. The molecule has 2 N–H and O–H groups in total. The van der Waals surface area contributed by atoms with Crippen molar-refractivity contribution in [3.05, 3.63) is 77.1 Å². The summed E-state index contributed by atoms with van der Waals surface area (Å²) in [6.45, 7) is 0.462. The van der Waals surface area contributed by atoms with Crippen LogP contribution < -0.4 is 10.0 Å². The molecule has 0 bridgehead atoms. The lowest BCUT2D eigenvalue weighted by Crippen LogP contribution is -2.25. The number of benzene rings is 2. The molecule has 3 rings (SSSR count). The van der Waals surface area contributed by atoms with Gasteiger partial charge >= 0.3 is 0 Å². The number of hydrogen-bond donors (Lipinski definition) is 2. The number of amides is 1. The summed E-state index contributed by atoms with van der Waals surface area (Å²) >= 11 is 1.18. The van der Waals surface area contributed by atoms with E-state index < -0.39 is 10.0 Å². The average molecular weight is 434 g/mol. The number of rotatable bonds is 9. The number of carbonyl (C=O) groups is 1. The number of hydrogen-bond acceptors (Lipinski definition) is 5. The topological polar surface area (TPSA) is 88.2 Å². The standard InChI is InChI=1S/C20H20FN3O3S2/c21-16-8-6-15(7-9-16)12-13-22-19(25)11-10-17-14-28-20(23-17)24-29(26,27)18-4-2-1-3-5-18/h1-9,14H,10-13H2,(H,22,25)(H,23,24). The Bertz CT molecular complexity index is 1050. The van der Waals surface area contributed by atoms with E-state index in [1.54, 1.807) is 35.7 Å².